The lowest BCUT2D eigenvalue weighted by molar-refractivity contribution is 0.504. The van der Waals surface area contributed by atoms with Gasteiger partial charge in [0, 0.05) is 25.8 Å². The zero-order valence-corrected chi connectivity index (χ0v) is 13.4. The largest absolute Gasteiger partial charge is 0.309 e. The van der Waals surface area contributed by atoms with E-state index in [0.29, 0.717) is 6.04 Å². The fourth-order valence-electron chi connectivity index (χ4n) is 2.47. The van der Waals surface area contributed by atoms with Gasteiger partial charge >= 0.3 is 0 Å². The third-order valence-corrected chi connectivity index (χ3v) is 5.48. The Labute approximate surface area is 127 Å². The molecule has 0 radical (unpaired) electrons. The number of halogens is 1. The average Bonchev–Trinajstić information content (AvgIpc) is 3.14. The van der Waals surface area contributed by atoms with E-state index in [1.165, 1.54) is 32.6 Å². The smallest absolute Gasteiger partial charge is 0.0443 e. The third kappa shape index (κ3) is 2.93. The fourth-order valence-corrected chi connectivity index (χ4v) is 4.32. The Morgan fingerprint density at radius 2 is 2.05 bits per heavy atom. The van der Waals surface area contributed by atoms with Crippen LogP contribution in [0.3, 0.4) is 0 Å². The molecule has 0 saturated heterocycles. The van der Waals surface area contributed by atoms with Crippen molar-refractivity contribution in [2.24, 2.45) is 5.92 Å². The van der Waals surface area contributed by atoms with Gasteiger partial charge in [-0.3, -0.25) is 0 Å². The van der Waals surface area contributed by atoms with Crippen molar-refractivity contribution in [3.05, 3.63) is 45.7 Å². The summed E-state index contributed by atoms with van der Waals surface area (Å²) >= 11 is 5.57. The van der Waals surface area contributed by atoms with Crippen LogP contribution in [0.2, 0.25) is 0 Å². The van der Waals surface area contributed by atoms with Crippen LogP contribution in [0.1, 0.15) is 30.7 Å². The van der Waals surface area contributed by atoms with Crippen molar-refractivity contribution in [3.8, 4) is 10.4 Å². The summed E-state index contributed by atoms with van der Waals surface area (Å²) in [6, 6.07) is 13.6. The van der Waals surface area contributed by atoms with E-state index < -0.39 is 0 Å². The number of benzene rings is 1. The van der Waals surface area contributed by atoms with E-state index in [4.69, 9.17) is 0 Å². The highest BCUT2D eigenvalue weighted by atomic mass is 79.9. The Kier molecular flexibility index (Phi) is 4.06. The Bertz CT molecular complexity index is 559. The molecule has 1 aromatic carbocycles. The highest BCUT2D eigenvalue weighted by molar-refractivity contribution is 9.10. The second-order valence-corrected chi connectivity index (χ2v) is 7.02. The minimum Gasteiger partial charge on any atom is -0.309 e. The first-order valence-corrected chi connectivity index (χ1v) is 8.48. The van der Waals surface area contributed by atoms with Crippen molar-refractivity contribution in [1.29, 1.82) is 0 Å². The van der Waals surface area contributed by atoms with E-state index in [-0.39, 0.29) is 0 Å². The van der Waals surface area contributed by atoms with Crippen LogP contribution >= 0.6 is 27.3 Å². The molecule has 1 aliphatic carbocycles. The summed E-state index contributed by atoms with van der Waals surface area (Å²) in [6.45, 7) is 3.24. The molecule has 1 aliphatic rings. The van der Waals surface area contributed by atoms with E-state index in [0.717, 1.165) is 12.5 Å². The van der Waals surface area contributed by atoms with Crippen LogP contribution in [0.5, 0.6) is 0 Å². The molecule has 1 aromatic heterocycles. The number of hydrogen-bond acceptors (Lipinski definition) is 2. The summed E-state index contributed by atoms with van der Waals surface area (Å²) in [6.07, 6.45) is 2.75. The van der Waals surface area contributed by atoms with Crippen LogP contribution in [0.4, 0.5) is 0 Å². The first-order chi connectivity index (χ1) is 9.29. The Morgan fingerprint density at radius 1 is 1.26 bits per heavy atom. The second-order valence-electron chi connectivity index (χ2n) is 5.05. The molecule has 1 N–H and O–H groups in total. The molecule has 19 heavy (non-hydrogen) atoms. The highest BCUT2D eigenvalue weighted by Crippen LogP contribution is 2.44. The molecule has 0 spiro atoms. The van der Waals surface area contributed by atoms with E-state index in [2.05, 4.69) is 64.6 Å². The lowest BCUT2D eigenvalue weighted by Gasteiger charge is -2.15. The second kappa shape index (κ2) is 5.78. The van der Waals surface area contributed by atoms with Gasteiger partial charge in [-0.25, -0.2) is 0 Å². The van der Waals surface area contributed by atoms with Crippen LogP contribution in [-0.2, 0) is 0 Å². The maximum atomic E-state index is 3.64. The summed E-state index contributed by atoms with van der Waals surface area (Å²) in [5, 5.41) is 3.64. The first kappa shape index (κ1) is 13.3. The van der Waals surface area contributed by atoms with Crippen molar-refractivity contribution in [2.75, 3.05) is 6.54 Å². The van der Waals surface area contributed by atoms with Crippen molar-refractivity contribution >= 4 is 27.3 Å². The standard InChI is InChI=1S/C16H18BrNS/c1-2-18-16(11-7-8-11)15-10-9-14(19-15)12-5-3-4-6-13(12)17/h3-6,9-11,16,18H,2,7-8H2,1H3. The zero-order valence-electron chi connectivity index (χ0n) is 11.0. The van der Waals surface area contributed by atoms with Crippen molar-refractivity contribution in [2.45, 2.75) is 25.8 Å². The van der Waals surface area contributed by atoms with Crippen LogP contribution in [0.15, 0.2) is 40.9 Å². The maximum absolute atomic E-state index is 3.64. The van der Waals surface area contributed by atoms with Crippen molar-refractivity contribution in [3.63, 3.8) is 0 Å². The van der Waals surface area contributed by atoms with Crippen molar-refractivity contribution in [1.82, 2.24) is 5.32 Å². The quantitative estimate of drug-likeness (QED) is 0.787. The van der Waals surface area contributed by atoms with Gasteiger partial charge in [-0.1, -0.05) is 41.1 Å². The zero-order chi connectivity index (χ0) is 13.2. The summed E-state index contributed by atoms with van der Waals surface area (Å²) in [5.74, 6) is 0.852. The van der Waals surface area contributed by atoms with Gasteiger partial charge in [0.15, 0.2) is 0 Å². The van der Waals surface area contributed by atoms with Gasteiger partial charge in [0.2, 0.25) is 0 Å². The number of thiophene rings is 1. The predicted octanol–water partition coefficient (Wildman–Crippen LogP) is 5.24. The predicted molar refractivity (Wildman–Crippen MR) is 86.6 cm³/mol. The van der Waals surface area contributed by atoms with Gasteiger partial charge in [-0.15, -0.1) is 11.3 Å². The summed E-state index contributed by atoms with van der Waals surface area (Å²) in [4.78, 5) is 2.83. The molecular weight excluding hydrogens is 318 g/mol. The summed E-state index contributed by atoms with van der Waals surface area (Å²) in [7, 11) is 0. The van der Waals surface area contributed by atoms with Gasteiger partial charge in [0.25, 0.3) is 0 Å². The third-order valence-electron chi connectivity index (χ3n) is 3.59. The normalized spacial score (nSPS) is 16.5. The lowest BCUT2D eigenvalue weighted by atomic mass is 10.1. The Morgan fingerprint density at radius 3 is 2.74 bits per heavy atom. The average molecular weight is 336 g/mol. The van der Waals surface area contributed by atoms with Gasteiger partial charge < -0.3 is 5.32 Å². The number of rotatable bonds is 5. The van der Waals surface area contributed by atoms with E-state index >= 15 is 0 Å². The first-order valence-electron chi connectivity index (χ1n) is 6.87. The topological polar surface area (TPSA) is 12.0 Å². The van der Waals surface area contributed by atoms with Crippen LogP contribution in [0.25, 0.3) is 10.4 Å². The molecule has 1 saturated carbocycles. The van der Waals surface area contributed by atoms with Gasteiger partial charge in [-0.05, 0) is 43.5 Å². The van der Waals surface area contributed by atoms with Gasteiger partial charge in [0.1, 0.15) is 0 Å². The molecule has 100 valence electrons. The Hall–Kier alpha value is -0.640. The van der Waals surface area contributed by atoms with Crippen LogP contribution in [0, 0.1) is 5.92 Å². The molecule has 3 rings (SSSR count). The summed E-state index contributed by atoms with van der Waals surface area (Å²) < 4.78 is 1.18. The molecule has 2 aromatic rings. The van der Waals surface area contributed by atoms with E-state index in [1.807, 2.05) is 11.3 Å². The molecule has 1 atom stereocenters. The molecule has 0 aliphatic heterocycles. The molecule has 1 fully saturated rings. The molecule has 1 unspecified atom stereocenters. The minimum atomic E-state index is 0.561. The molecule has 3 heteroatoms. The van der Waals surface area contributed by atoms with Gasteiger partial charge in [0.05, 0.1) is 0 Å². The Balaban J connectivity index is 1.88. The molecule has 0 amide bonds. The lowest BCUT2D eigenvalue weighted by Crippen LogP contribution is -2.21. The summed E-state index contributed by atoms with van der Waals surface area (Å²) in [5.41, 5.74) is 1.30. The van der Waals surface area contributed by atoms with Crippen LogP contribution < -0.4 is 5.32 Å². The minimum absolute atomic E-state index is 0.561. The maximum Gasteiger partial charge on any atom is 0.0443 e. The monoisotopic (exact) mass is 335 g/mol. The van der Waals surface area contributed by atoms with Crippen LogP contribution in [-0.4, -0.2) is 6.54 Å². The highest BCUT2D eigenvalue weighted by Gasteiger charge is 2.32. The molecule has 0 bridgehead atoms. The van der Waals surface area contributed by atoms with Gasteiger partial charge in [-0.2, -0.15) is 0 Å². The molecular formula is C16H18BrNS. The van der Waals surface area contributed by atoms with E-state index in [1.54, 1.807) is 0 Å². The molecule has 1 nitrogen and oxygen atoms in total. The number of nitrogens with one attached hydrogen (secondary N) is 1. The fraction of sp³-hybridized carbons (Fsp3) is 0.375. The SMILES string of the molecule is CCNC(c1ccc(-c2ccccc2Br)s1)C1CC1. The molecule has 1 heterocycles. The number of hydrogen-bond donors (Lipinski definition) is 1. The van der Waals surface area contributed by atoms with Crippen molar-refractivity contribution < 1.29 is 0 Å². The van der Waals surface area contributed by atoms with E-state index in [9.17, 15) is 0 Å².